The first-order chi connectivity index (χ1) is 10.1. The quantitative estimate of drug-likeness (QED) is 0.801. The lowest BCUT2D eigenvalue weighted by Gasteiger charge is -2.01. The lowest BCUT2D eigenvalue weighted by Crippen LogP contribution is -2.00. The molecule has 1 heterocycles. The van der Waals surface area contributed by atoms with Crippen molar-refractivity contribution in [1.29, 1.82) is 0 Å². The lowest BCUT2D eigenvalue weighted by atomic mass is 10.1. The Morgan fingerprint density at radius 1 is 1.10 bits per heavy atom. The number of benzene rings is 2. The van der Waals surface area contributed by atoms with Gasteiger partial charge in [-0.1, -0.05) is 24.3 Å². The van der Waals surface area contributed by atoms with Crippen LogP contribution in [0.5, 0.6) is 0 Å². The van der Waals surface area contributed by atoms with E-state index in [1.54, 1.807) is 23.1 Å². The van der Waals surface area contributed by atoms with Crippen molar-refractivity contribution in [3.63, 3.8) is 0 Å². The van der Waals surface area contributed by atoms with E-state index < -0.39 is 11.8 Å². The van der Waals surface area contributed by atoms with Crippen LogP contribution in [0.1, 0.15) is 10.4 Å². The predicted octanol–water partition coefficient (Wildman–Crippen LogP) is 3.38. The second-order valence-electron chi connectivity index (χ2n) is 4.51. The maximum absolute atomic E-state index is 13.7. The molecule has 0 atom stereocenters. The fourth-order valence-corrected chi connectivity index (χ4v) is 2.06. The molecule has 0 aliphatic carbocycles. The third-order valence-electron chi connectivity index (χ3n) is 3.14. The molecular weight excluding hydrogens is 271 g/mol. The molecule has 4 nitrogen and oxygen atoms in total. The van der Waals surface area contributed by atoms with Gasteiger partial charge in [-0.3, -0.25) is 0 Å². The number of carboxylic acid groups (broad SMARTS) is 1. The number of hydrogen-bond donors (Lipinski definition) is 1. The molecule has 3 aromatic rings. The van der Waals surface area contributed by atoms with E-state index in [0.29, 0.717) is 5.56 Å². The number of carboxylic acids is 1. The van der Waals surface area contributed by atoms with E-state index in [1.165, 1.54) is 12.1 Å². The molecule has 5 heteroatoms. The van der Waals surface area contributed by atoms with Crippen LogP contribution < -0.4 is 0 Å². The highest BCUT2D eigenvalue weighted by molar-refractivity contribution is 5.88. The number of hydrogen-bond acceptors (Lipinski definition) is 2. The van der Waals surface area contributed by atoms with Crippen molar-refractivity contribution in [3.8, 4) is 16.8 Å². The monoisotopic (exact) mass is 282 g/mol. The molecule has 2 aromatic carbocycles. The van der Waals surface area contributed by atoms with Crippen LogP contribution in [0, 0.1) is 5.82 Å². The average Bonchev–Trinajstić information content (AvgIpc) is 2.97. The van der Waals surface area contributed by atoms with Crippen LogP contribution >= 0.6 is 0 Å². The zero-order valence-electron chi connectivity index (χ0n) is 10.9. The van der Waals surface area contributed by atoms with E-state index in [4.69, 9.17) is 5.11 Å². The molecule has 0 aliphatic rings. The van der Waals surface area contributed by atoms with E-state index in [2.05, 4.69) is 5.10 Å². The Kier molecular flexibility index (Phi) is 3.23. The van der Waals surface area contributed by atoms with E-state index in [1.807, 2.05) is 30.3 Å². The Morgan fingerprint density at radius 3 is 2.52 bits per heavy atom. The van der Waals surface area contributed by atoms with Crippen LogP contribution in [0.3, 0.4) is 0 Å². The number of aromatic nitrogens is 2. The van der Waals surface area contributed by atoms with Gasteiger partial charge in [-0.05, 0) is 29.8 Å². The summed E-state index contributed by atoms with van der Waals surface area (Å²) in [5.41, 5.74) is 1.86. The Morgan fingerprint density at radius 2 is 1.86 bits per heavy atom. The molecule has 0 spiro atoms. The first kappa shape index (κ1) is 13.1. The summed E-state index contributed by atoms with van der Waals surface area (Å²) in [7, 11) is 0. The van der Waals surface area contributed by atoms with Crippen molar-refractivity contribution < 1.29 is 14.3 Å². The number of halogens is 1. The number of rotatable bonds is 3. The minimum atomic E-state index is -1.28. The van der Waals surface area contributed by atoms with Gasteiger partial charge in [-0.25, -0.2) is 13.9 Å². The van der Waals surface area contributed by atoms with Gasteiger partial charge in [0.05, 0.1) is 17.4 Å². The van der Waals surface area contributed by atoms with Crippen molar-refractivity contribution in [1.82, 2.24) is 9.78 Å². The summed E-state index contributed by atoms with van der Waals surface area (Å²) in [6.45, 7) is 0. The molecule has 0 saturated heterocycles. The highest BCUT2D eigenvalue weighted by Gasteiger charge is 2.12. The summed E-state index contributed by atoms with van der Waals surface area (Å²) in [5, 5.41) is 13.1. The van der Waals surface area contributed by atoms with Crippen molar-refractivity contribution in [2.45, 2.75) is 0 Å². The standard InChI is InChI=1S/C16H11FN2O2/c17-15-8-11(6-7-14(15)16(20)21)12-9-18-19(10-12)13-4-2-1-3-5-13/h1-10H,(H,20,21). The Hall–Kier alpha value is -2.95. The summed E-state index contributed by atoms with van der Waals surface area (Å²) < 4.78 is 15.4. The molecule has 0 amide bonds. The van der Waals surface area contributed by atoms with Crippen LogP contribution in [0.25, 0.3) is 16.8 Å². The second-order valence-corrected chi connectivity index (χ2v) is 4.51. The Bertz CT molecular complexity index is 797. The smallest absolute Gasteiger partial charge is 0.338 e. The van der Waals surface area contributed by atoms with Gasteiger partial charge in [0, 0.05) is 11.8 Å². The minimum Gasteiger partial charge on any atom is -0.478 e. The fourth-order valence-electron chi connectivity index (χ4n) is 2.06. The van der Waals surface area contributed by atoms with E-state index in [0.717, 1.165) is 11.3 Å². The summed E-state index contributed by atoms with van der Waals surface area (Å²) in [6, 6.07) is 13.6. The van der Waals surface area contributed by atoms with Crippen molar-refractivity contribution in [3.05, 3.63) is 72.3 Å². The molecule has 0 unspecified atom stereocenters. The normalized spacial score (nSPS) is 10.5. The van der Waals surface area contributed by atoms with Crippen LogP contribution in [0.4, 0.5) is 4.39 Å². The first-order valence-corrected chi connectivity index (χ1v) is 6.28. The summed E-state index contributed by atoms with van der Waals surface area (Å²) in [6.07, 6.45) is 3.38. The van der Waals surface area contributed by atoms with E-state index in [9.17, 15) is 9.18 Å². The van der Waals surface area contributed by atoms with Crippen LogP contribution in [-0.4, -0.2) is 20.9 Å². The molecule has 0 fully saturated rings. The fraction of sp³-hybridized carbons (Fsp3) is 0. The maximum Gasteiger partial charge on any atom is 0.338 e. The van der Waals surface area contributed by atoms with Crippen molar-refractivity contribution >= 4 is 5.97 Å². The Labute approximate surface area is 120 Å². The number of aromatic carboxylic acids is 1. The largest absolute Gasteiger partial charge is 0.478 e. The van der Waals surface area contributed by atoms with Crippen LogP contribution in [0.15, 0.2) is 60.9 Å². The van der Waals surface area contributed by atoms with Gasteiger partial charge in [0.2, 0.25) is 0 Å². The summed E-state index contributed by atoms with van der Waals surface area (Å²) in [4.78, 5) is 10.8. The number of nitrogens with zero attached hydrogens (tertiary/aromatic N) is 2. The van der Waals surface area contributed by atoms with Gasteiger partial charge >= 0.3 is 5.97 Å². The average molecular weight is 282 g/mol. The van der Waals surface area contributed by atoms with E-state index in [-0.39, 0.29) is 5.56 Å². The molecule has 0 saturated carbocycles. The molecule has 1 aromatic heterocycles. The summed E-state index contributed by atoms with van der Waals surface area (Å²) >= 11 is 0. The van der Waals surface area contributed by atoms with Crippen LogP contribution in [-0.2, 0) is 0 Å². The van der Waals surface area contributed by atoms with Gasteiger partial charge in [0.15, 0.2) is 0 Å². The third-order valence-corrected chi connectivity index (χ3v) is 3.14. The van der Waals surface area contributed by atoms with Gasteiger partial charge in [-0.2, -0.15) is 5.10 Å². The molecular formula is C16H11FN2O2. The zero-order chi connectivity index (χ0) is 14.8. The van der Waals surface area contributed by atoms with Gasteiger partial charge in [0.1, 0.15) is 5.82 Å². The third kappa shape index (κ3) is 2.53. The number of carbonyl (C=O) groups is 1. The SMILES string of the molecule is O=C(O)c1ccc(-c2cnn(-c3ccccc3)c2)cc1F. The number of para-hydroxylation sites is 1. The van der Waals surface area contributed by atoms with Gasteiger partial charge in [0.25, 0.3) is 0 Å². The topological polar surface area (TPSA) is 55.1 Å². The predicted molar refractivity (Wildman–Crippen MR) is 75.9 cm³/mol. The highest BCUT2D eigenvalue weighted by atomic mass is 19.1. The van der Waals surface area contributed by atoms with Crippen molar-refractivity contribution in [2.24, 2.45) is 0 Å². The molecule has 0 aliphatic heterocycles. The van der Waals surface area contributed by atoms with Gasteiger partial charge in [-0.15, -0.1) is 0 Å². The minimum absolute atomic E-state index is 0.339. The maximum atomic E-state index is 13.7. The second kappa shape index (κ2) is 5.20. The van der Waals surface area contributed by atoms with Crippen LogP contribution in [0.2, 0.25) is 0 Å². The Balaban J connectivity index is 1.97. The molecule has 104 valence electrons. The van der Waals surface area contributed by atoms with Gasteiger partial charge < -0.3 is 5.11 Å². The zero-order valence-corrected chi connectivity index (χ0v) is 10.9. The molecule has 3 rings (SSSR count). The summed E-state index contributed by atoms with van der Waals surface area (Å²) in [5.74, 6) is -2.04. The highest BCUT2D eigenvalue weighted by Crippen LogP contribution is 2.22. The molecule has 0 bridgehead atoms. The lowest BCUT2D eigenvalue weighted by molar-refractivity contribution is 0.0692. The molecule has 0 radical (unpaired) electrons. The molecule has 21 heavy (non-hydrogen) atoms. The van der Waals surface area contributed by atoms with Crippen molar-refractivity contribution in [2.75, 3.05) is 0 Å². The first-order valence-electron chi connectivity index (χ1n) is 6.28. The van der Waals surface area contributed by atoms with E-state index >= 15 is 0 Å². The molecule has 1 N–H and O–H groups in total.